The van der Waals surface area contributed by atoms with Crippen molar-refractivity contribution in [2.24, 2.45) is 0 Å². The maximum absolute atomic E-state index is 11.7. The smallest absolute Gasteiger partial charge is 0.224 e. The summed E-state index contributed by atoms with van der Waals surface area (Å²) in [5.41, 5.74) is 0.842. The molecule has 1 N–H and O–H groups in total. The summed E-state index contributed by atoms with van der Waals surface area (Å²) in [6.45, 7) is 0.566. The molecule has 1 aromatic heterocycles. The van der Waals surface area contributed by atoms with Gasteiger partial charge in [0.2, 0.25) is 5.91 Å². The molecule has 1 amide bonds. The molecule has 0 atom stereocenters. The van der Waals surface area contributed by atoms with Crippen LogP contribution in [-0.4, -0.2) is 12.5 Å². The first kappa shape index (κ1) is 12.7. The highest BCUT2D eigenvalue weighted by Crippen LogP contribution is 2.15. The molecule has 94 valence electrons. The Kier molecular flexibility index (Phi) is 4.42. The van der Waals surface area contributed by atoms with Gasteiger partial charge in [0, 0.05) is 18.0 Å². The highest BCUT2D eigenvalue weighted by atomic mass is 35.5. The van der Waals surface area contributed by atoms with E-state index in [2.05, 4.69) is 5.32 Å². The number of carbonyl (C=O) groups is 1. The van der Waals surface area contributed by atoms with Gasteiger partial charge in [0.05, 0.1) is 12.7 Å². The summed E-state index contributed by atoms with van der Waals surface area (Å²) in [6.07, 6.45) is 2.62. The van der Waals surface area contributed by atoms with E-state index in [0.717, 1.165) is 11.3 Å². The van der Waals surface area contributed by atoms with Crippen LogP contribution in [0.4, 0.5) is 0 Å². The number of nitrogens with one attached hydrogen (secondary N) is 1. The first-order valence-electron chi connectivity index (χ1n) is 5.78. The van der Waals surface area contributed by atoms with Crippen LogP contribution < -0.4 is 5.32 Å². The summed E-state index contributed by atoms with van der Waals surface area (Å²) >= 11 is 5.99. The van der Waals surface area contributed by atoms with Gasteiger partial charge in [0.25, 0.3) is 0 Å². The van der Waals surface area contributed by atoms with Crippen LogP contribution in [0.25, 0.3) is 0 Å². The van der Waals surface area contributed by atoms with E-state index in [9.17, 15) is 4.79 Å². The van der Waals surface area contributed by atoms with Crippen molar-refractivity contribution in [2.75, 3.05) is 6.54 Å². The van der Waals surface area contributed by atoms with Gasteiger partial charge in [0.1, 0.15) is 5.76 Å². The first-order chi connectivity index (χ1) is 8.75. The molecule has 2 aromatic rings. The lowest BCUT2D eigenvalue weighted by Crippen LogP contribution is -2.27. The standard InChI is InChI=1S/C14H14ClNO2/c15-13-6-2-1-4-11(13)10-14(17)16-8-7-12-5-3-9-18-12/h1-6,9H,7-8,10H2,(H,16,17). The van der Waals surface area contributed by atoms with Crippen LogP contribution in [0.15, 0.2) is 47.1 Å². The summed E-state index contributed by atoms with van der Waals surface area (Å²) in [7, 11) is 0. The Morgan fingerprint density at radius 1 is 1.22 bits per heavy atom. The van der Waals surface area contributed by atoms with E-state index in [1.54, 1.807) is 12.3 Å². The van der Waals surface area contributed by atoms with Crippen molar-refractivity contribution < 1.29 is 9.21 Å². The van der Waals surface area contributed by atoms with Crippen LogP contribution in [0.5, 0.6) is 0 Å². The molecule has 4 heteroatoms. The minimum absolute atomic E-state index is 0.0327. The molecular formula is C14H14ClNO2. The normalized spacial score (nSPS) is 10.3. The molecule has 0 aliphatic heterocycles. The minimum atomic E-state index is -0.0327. The van der Waals surface area contributed by atoms with Crippen LogP contribution in [0, 0.1) is 0 Å². The average Bonchev–Trinajstić information content (AvgIpc) is 2.85. The number of hydrogen-bond acceptors (Lipinski definition) is 2. The van der Waals surface area contributed by atoms with E-state index in [1.807, 2.05) is 30.3 Å². The number of halogens is 1. The zero-order valence-corrected chi connectivity index (χ0v) is 10.6. The van der Waals surface area contributed by atoms with Gasteiger partial charge in [0.15, 0.2) is 0 Å². The summed E-state index contributed by atoms with van der Waals surface area (Å²) in [6, 6.07) is 11.1. The van der Waals surface area contributed by atoms with Gasteiger partial charge in [-0.1, -0.05) is 29.8 Å². The molecule has 0 fully saturated rings. The van der Waals surface area contributed by atoms with Gasteiger partial charge in [-0.2, -0.15) is 0 Å². The van der Waals surface area contributed by atoms with Crippen LogP contribution >= 0.6 is 11.6 Å². The molecule has 1 aromatic carbocycles. The largest absolute Gasteiger partial charge is 0.469 e. The van der Waals surface area contributed by atoms with Gasteiger partial charge in [-0.05, 0) is 23.8 Å². The summed E-state index contributed by atoms with van der Waals surface area (Å²) in [5.74, 6) is 0.836. The summed E-state index contributed by atoms with van der Waals surface area (Å²) in [4.78, 5) is 11.7. The molecule has 0 bridgehead atoms. The zero-order valence-electron chi connectivity index (χ0n) is 9.86. The molecular weight excluding hydrogens is 250 g/mol. The van der Waals surface area contributed by atoms with E-state index in [-0.39, 0.29) is 5.91 Å². The Morgan fingerprint density at radius 2 is 2.06 bits per heavy atom. The third-order valence-electron chi connectivity index (χ3n) is 2.58. The maximum Gasteiger partial charge on any atom is 0.224 e. The number of furan rings is 1. The van der Waals surface area contributed by atoms with Crippen LogP contribution in [0.3, 0.4) is 0 Å². The zero-order chi connectivity index (χ0) is 12.8. The number of amides is 1. The molecule has 0 radical (unpaired) electrons. The van der Waals surface area contributed by atoms with Gasteiger partial charge in [-0.25, -0.2) is 0 Å². The van der Waals surface area contributed by atoms with Crippen molar-refractivity contribution in [3.63, 3.8) is 0 Å². The van der Waals surface area contributed by atoms with E-state index in [0.29, 0.717) is 24.4 Å². The maximum atomic E-state index is 11.7. The average molecular weight is 264 g/mol. The van der Waals surface area contributed by atoms with E-state index in [4.69, 9.17) is 16.0 Å². The van der Waals surface area contributed by atoms with Crippen molar-refractivity contribution in [3.05, 3.63) is 59.0 Å². The first-order valence-corrected chi connectivity index (χ1v) is 6.16. The highest BCUT2D eigenvalue weighted by Gasteiger charge is 2.06. The molecule has 0 aliphatic rings. The lowest BCUT2D eigenvalue weighted by molar-refractivity contribution is -0.120. The van der Waals surface area contributed by atoms with Crippen molar-refractivity contribution >= 4 is 17.5 Å². The second-order valence-electron chi connectivity index (χ2n) is 3.95. The van der Waals surface area contributed by atoms with Gasteiger partial charge < -0.3 is 9.73 Å². The Bertz CT molecular complexity index is 508. The fraction of sp³-hybridized carbons (Fsp3) is 0.214. The van der Waals surface area contributed by atoms with E-state index < -0.39 is 0 Å². The Balaban J connectivity index is 1.77. The monoisotopic (exact) mass is 263 g/mol. The minimum Gasteiger partial charge on any atom is -0.469 e. The molecule has 0 saturated carbocycles. The Morgan fingerprint density at radius 3 is 2.78 bits per heavy atom. The molecule has 0 aliphatic carbocycles. The fourth-order valence-electron chi connectivity index (χ4n) is 1.66. The van der Waals surface area contributed by atoms with Crippen molar-refractivity contribution in [3.8, 4) is 0 Å². The summed E-state index contributed by atoms with van der Waals surface area (Å²) in [5, 5.41) is 3.46. The molecule has 2 rings (SSSR count). The third kappa shape index (κ3) is 3.64. The SMILES string of the molecule is O=C(Cc1ccccc1Cl)NCCc1ccco1. The molecule has 1 heterocycles. The highest BCUT2D eigenvalue weighted by molar-refractivity contribution is 6.31. The lowest BCUT2D eigenvalue weighted by atomic mass is 10.1. The predicted octanol–water partition coefficient (Wildman–Crippen LogP) is 2.83. The quantitative estimate of drug-likeness (QED) is 0.901. The molecule has 3 nitrogen and oxygen atoms in total. The fourth-order valence-corrected chi connectivity index (χ4v) is 1.86. The van der Waals surface area contributed by atoms with Crippen LogP contribution in [-0.2, 0) is 17.6 Å². The van der Waals surface area contributed by atoms with Crippen molar-refractivity contribution in [2.45, 2.75) is 12.8 Å². The second kappa shape index (κ2) is 6.26. The van der Waals surface area contributed by atoms with Gasteiger partial charge in [-0.15, -0.1) is 0 Å². The van der Waals surface area contributed by atoms with E-state index in [1.165, 1.54) is 0 Å². The summed E-state index contributed by atoms with van der Waals surface area (Å²) < 4.78 is 5.18. The van der Waals surface area contributed by atoms with Gasteiger partial charge in [-0.3, -0.25) is 4.79 Å². The number of benzene rings is 1. The van der Waals surface area contributed by atoms with E-state index >= 15 is 0 Å². The van der Waals surface area contributed by atoms with Crippen molar-refractivity contribution in [1.29, 1.82) is 0 Å². The number of rotatable bonds is 5. The number of carbonyl (C=O) groups excluding carboxylic acids is 1. The third-order valence-corrected chi connectivity index (χ3v) is 2.95. The predicted molar refractivity (Wildman–Crippen MR) is 70.6 cm³/mol. The molecule has 0 saturated heterocycles. The van der Waals surface area contributed by atoms with Gasteiger partial charge >= 0.3 is 0 Å². The van der Waals surface area contributed by atoms with Crippen LogP contribution in [0.2, 0.25) is 5.02 Å². The molecule has 0 unspecified atom stereocenters. The van der Waals surface area contributed by atoms with Crippen molar-refractivity contribution in [1.82, 2.24) is 5.32 Å². The Hall–Kier alpha value is -1.74. The Labute approximate surface area is 111 Å². The lowest BCUT2D eigenvalue weighted by Gasteiger charge is -2.05. The topological polar surface area (TPSA) is 42.2 Å². The van der Waals surface area contributed by atoms with Crippen LogP contribution in [0.1, 0.15) is 11.3 Å². The molecule has 18 heavy (non-hydrogen) atoms. The second-order valence-corrected chi connectivity index (χ2v) is 4.35. The molecule has 0 spiro atoms. The number of hydrogen-bond donors (Lipinski definition) is 1.